The first-order chi connectivity index (χ1) is 17.3. The van der Waals surface area contributed by atoms with Crippen LogP contribution in [-0.2, 0) is 0 Å². The summed E-state index contributed by atoms with van der Waals surface area (Å²) in [6, 6.07) is 15.0. The summed E-state index contributed by atoms with van der Waals surface area (Å²) >= 11 is 0. The van der Waals surface area contributed by atoms with Gasteiger partial charge in [0.15, 0.2) is 11.7 Å². The first-order valence-corrected chi connectivity index (χ1v) is 12.5. The third-order valence-electron chi connectivity index (χ3n) is 6.30. The van der Waals surface area contributed by atoms with Gasteiger partial charge < -0.3 is 18.8 Å². The van der Waals surface area contributed by atoms with E-state index in [0.29, 0.717) is 37.6 Å². The number of hydrogen-bond donors (Lipinski definition) is 1. The number of aromatic nitrogens is 1. The molecule has 8 heteroatoms. The van der Waals surface area contributed by atoms with E-state index in [9.17, 15) is 10.0 Å². The van der Waals surface area contributed by atoms with Crippen LogP contribution >= 0.6 is 0 Å². The van der Waals surface area contributed by atoms with E-state index in [-0.39, 0.29) is 24.1 Å². The summed E-state index contributed by atoms with van der Waals surface area (Å²) in [5.74, 6) is 3.01. The summed E-state index contributed by atoms with van der Waals surface area (Å²) in [5.41, 5.74) is 2.62. The molecule has 0 unspecified atom stereocenters. The van der Waals surface area contributed by atoms with E-state index >= 15 is 0 Å². The molecule has 8 nitrogen and oxygen atoms in total. The van der Waals surface area contributed by atoms with Crippen LogP contribution in [0, 0.1) is 0 Å². The van der Waals surface area contributed by atoms with Gasteiger partial charge in [-0.1, -0.05) is 0 Å². The average molecular weight is 494 g/mol. The summed E-state index contributed by atoms with van der Waals surface area (Å²) in [7, 11) is 1.64. The number of oxazole rings is 1. The van der Waals surface area contributed by atoms with Crippen LogP contribution in [0.1, 0.15) is 52.3 Å². The lowest BCUT2D eigenvalue weighted by Gasteiger charge is -2.33. The molecule has 0 aliphatic carbocycles. The standard InChI is InChI=1S/C28H35N3O5/c1-18(2)31(33)28(32)30-16-14-22(15-17-30)27-29-25(20-6-12-24(13-7-20)35-19(3)4)26(36-27)21-8-10-23(34-5)11-9-21/h6-13,18-19,22,33H,14-17H2,1-5H3. The molecule has 3 aromatic rings. The maximum atomic E-state index is 12.5. The van der Waals surface area contributed by atoms with Gasteiger partial charge >= 0.3 is 6.03 Å². The van der Waals surface area contributed by atoms with Gasteiger partial charge in [-0.2, -0.15) is 0 Å². The van der Waals surface area contributed by atoms with E-state index in [2.05, 4.69) is 0 Å². The number of nitrogens with zero attached hydrogens (tertiary/aromatic N) is 3. The van der Waals surface area contributed by atoms with Crippen molar-refractivity contribution in [3.05, 3.63) is 54.4 Å². The van der Waals surface area contributed by atoms with Crippen LogP contribution in [0.3, 0.4) is 0 Å². The molecule has 36 heavy (non-hydrogen) atoms. The Morgan fingerprint density at radius 1 is 1.00 bits per heavy atom. The zero-order valence-electron chi connectivity index (χ0n) is 21.6. The van der Waals surface area contributed by atoms with Gasteiger partial charge in [0.05, 0.1) is 19.3 Å². The molecule has 2 amide bonds. The minimum absolute atomic E-state index is 0.0783. The van der Waals surface area contributed by atoms with Gasteiger partial charge in [0.2, 0.25) is 0 Å². The first-order valence-electron chi connectivity index (χ1n) is 12.5. The number of methoxy groups -OCH3 is 1. The molecule has 0 bridgehead atoms. The lowest BCUT2D eigenvalue weighted by atomic mass is 9.97. The number of likely N-dealkylation sites (tertiary alicyclic amines) is 1. The maximum Gasteiger partial charge on any atom is 0.343 e. The Bertz CT molecular complexity index is 1150. The topological polar surface area (TPSA) is 88.3 Å². The first kappa shape index (κ1) is 25.6. The van der Waals surface area contributed by atoms with E-state index < -0.39 is 0 Å². The highest BCUT2D eigenvalue weighted by Crippen LogP contribution is 2.38. The number of hydrogen-bond acceptors (Lipinski definition) is 6. The number of carbonyl (C=O) groups excluding carboxylic acids is 1. The fraction of sp³-hybridized carbons (Fsp3) is 0.429. The molecular weight excluding hydrogens is 458 g/mol. The highest BCUT2D eigenvalue weighted by Gasteiger charge is 2.31. The number of hydroxylamine groups is 2. The summed E-state index contributed by atoms with van der Waals surface area (Å²) in [5, 5.41) is 10.8. The minimum atomic E-state index is -0.362. The fourth-order valence-electron chi connectivity index (χ4n) is 4.29. The summed E-state index contributed by atoms with van der Waals surface area (Å²) < 4.78 is 17.5. The second kappa shape index (κ2) is 11.0. The van der Waals surface area contributed by atoms with Crippen molar-refractivity contribution in [2.75, 3.05) is 20.2 Å². The van der Waals surface area contributed by atoms with Gasteiger partial charge in [0.1, 0.15) is 17.2 Å². The molecule has 2 heterocycles. The second-order valence-corrected chi connectivity index (χ2v) is 9.63. The summed E-state index contributed by atoms with van der Waals surface area (Å²) in [6.07, 6.45) is 1.52. The van der Waals surface area contributed by atoms with Crippen molar-refractivity contribution in [2.45, 2.75) is 58.6 Å². The lowest BCUT2D eigenvalue weighted by molar-refractivity contribution is -0.0815. The Morgan fingerprint density at radius 3 is 2.14 bits per heavy atom. The SMILES string of the molecule is COc1ccc(-c2oc(C3CCN(C(=O)N(O)C(C)C)CC3)nc2-c2ccc(OC(C)C)cc2)cc1. The highest BCUT2D eigenvalue weighted by molar-refractivity contribution is 5.77. The minimum Gasteiger partial charge on any atom is -0.497 e. The summed E-state index contributed by atoms with van der Waals surface area (Å²) in [4.78, 5) is 19.1. The molecule has 0 spiro atoms. The predicted molar refractivity (Wildman–Crippen MR) is 137 cm³/mol. The van der Waals surface area contributed by atoms with Crippen LogP contribution in [0.15, 0.2) is 52.9 Å². The van der Waals surface area contributed by atoms with E-state index in [1.807, 2.05) is 62.4 Å². The molecule has 1 aliphatic rings. The molecule has 1 N–H and O–H groups in total. The van der Waals surface area contributed by atoms with Gasteiger partial charge in [-0.05, 0) is 89.1 Å². The number of rotatable bonds is 7. The zero-order valence-corrected chi connectivity index (χ0v) is 21.6. The number of amides is 2. The van der Waals surface area contributed by atoms with Crippen LogP contribution in [0.25, 0.3) is 22.6 Å². The molecule has 4 rings (SSSR count). The molecule has 1 saturated heterocycles. The van der Waals surface area contributed by atoms with Crippen molar-refractivity contribution in [1.29, 1.82) is 0 Å². The molecule has 0 atom stereocenters. The third kappa shape index (κ3) is 5.65. The monoisotopic (exact) mass is 493 g/mol. The predicted octanol–water partition coefficient (Wildman–Crippen LogP) is 6.20. The van der Waals surface area contributed by atoms with Crippen molar-refractivity contribution >= 4 is 6.03 Å². The number of benzene rings is 2. The highest BCUT2D eigenvalue weighted by atomic mass is 16.5. The number of piperidine rings is 1. The molecule has 1 aliphatic heterocycles. The zero-order chi connectivity index (χ0) is 25.8. The van der Waals surface area contributed by atoms with Crippen molar-refractivity contribution in [1.82, 2.24) is 14.9 Å². The third-order valence-corrected chi connectivity index (χ3v) is 6.30. The van der Waals surface area contributed by atoms with Gasteiger partial charge in [0.25, 0.3) is 0 Å². The second-order valence-electron chi connectivity index (χ2n) is 9.63. The maximum absolute atomic E-state index is 12.5. The molecular formula is C28H35N3O5. The van der Waals surface area contributed by atoms with Crippen LogP contribution in [-0.4, -0.2) is 58.5 Å². The van der Waals surface area contributed by atoms with Crippen LogP contribution in [0.5, 0.6) is 11.5 Å². The van der Waals surface area contributed by atoms with Crippen LogP contribution < -0.4 is 9.47 Å². The van der Waals surface area contributed by atoms with Crippen LogP contribution in [0.4, 0.5) is 4.79 Å². The van der Waals surface area contributed by atoms with Crippen molar-refractivity contribution in [3.63, 3.8) is 0 Å². The Kier molecular flexibility index (Phi) is 7.84. The van der Waals surface area contributed by atoms with E-state index in [4.69, 9.17) is 18.9 Å². The molecule has 2 aromatic carbocycles. The largest absolute Gasteiger partial charge is 0.497 e. The Labute approximate surface area is 212 Å². The molecule has 1 aromatic heterocycles. The van der Waals surface area contributed by atoms with Crippen molar-refractivity contribution in [3.8, 4) is 34.1 Å². The molecule has 0 radical (unpaired) electrons. The lowest BCUT2D eigenvalue weighted by Crippen LogP contribution is -2.47. The Balaban J connectivity index is 1.60. The van der Waals surface area contributed by atoms with Crippen molar-refractivity contribution in [2.24, 2.45) is 0 Å². The normalized spacial score (nSPS) is 14.4. The van der Waals surface area contributed by atoms with E-state index in [1.165, 1.54) is 0 Å². The number of ether oxygens (including phenoxy) is 2. The van der Waals surface area contributed by atoms with Gasteiger partial charge in [-0.3, -0.25) is 5.21 Å². The van der Waals surface area contributed by atoms with Gasteiger partial charge in [0, 0.05) is 30.1 Å². The molecule has 192 valence electrons. The molecule has 0 saturated carbocycles. The Morgan fingerprint density at radius 2 is 1.58 bits per heavy atom. The Hall–Kier alpha value is -3.52. The van der Waals surface area contributed by atoms with Crippen LogP contribution in [0.2, 0.25) is 0 Å². The van der Waals surface area contributed by atoms with E-state index in [1.54, 1.807) is 25.9 Å². The van der Waals surface area contributed by atoms with Crippen molar-refractivity contribution < 1.29 is 23.9 Å². The quantitative estimate of drug-likeness (QED) is 0.311. The van der Waals surface area contributed by atoms with Gasteiger partial charge in [-0.15, -0.1) is 0 Å². The fourth-order valence-corrected chi connectivity index (χ4v) is 4.29. The molecule has 1 fully saturated rings. The van der Waals surface area contributed by atoms with E-state index in [0.717, 1.165) is 33.4 Å². The number of carbonyl (C=O) groups is 1. The smallest absolute Gasteiger partial charge is 0.343 e. The number of urea groups is 1. The summed E-state index contributed by atoms with van der Waals surface area (Å²) in [6.45, 7) is 8.62. The van der Waals surface area contributed by atoms with Gasteiger partial charge in [-0.25, -0.2) is 14.8 Å². The average Bonchev–Trinajstić information content (AvgIpc) is 3.33.